The smallest absolute Gasteiger partial charge is 0.226 e. The van der Waals surface area contributed by atoms with E-state index in [1.165, 1.54) is 0 Å². The van der Waals surface area contributed by atoms with E-state index in [0.29, 0.717) is 19.0 Å². The molecule has 3 aromatic rings. The lowest BCUT2D eigenvalue weighted by atomic mass is 10.1. The van der Waals surface area contributed by atoms with Crippen molar-refractivity contribution in [1.29, 1.82) is 0 Å². The summed E-state index contributed by atoms with van der Waals surface area (Å²) in [6, 6.07) is 6.03. The number of fused-ring (bicyclic) bond motifs is 1. The maximum atomic E-state index is 6.20. The van der Waals surface area contributed by atoms with Gasteiger partial charge in [0.1, 0.15) is 5.82 Å². The summed E-state index contributed by atoms with van der Waals surface area (Å²) in [4.78, 5) is 9.08. The molecular formula is C17H22ClN7. The Kier molecular flexibility index (Phi) is 5.06. The van der Waals surface area contributed by atoms with Crippen molar-refractivity contribution in [2.45, 2.75) is 26.4 Å². The molecule has 0 aliphatic rings. The summed E-state index contributed by atoms with van der Waals surface area (Å²) < 4.78 is 1.72. The van der Waals surface area contributed by atoms with E-state index in [1.54, 1.807) is 10.9 Å². The minimum absolute atomic E-state index is 0.0111. The lowest BCUT2D eigenvalue weighted by molar-refractivity contribution is 0.768. The van der Waals surface area contributed by atoms with Gasteiger partial charge in [0, 0.05) is 31.2 Å². The highest BCUT2D eigenvalue weighted by atomic mass is 35.5. The van der Waals surface area contributed by atoms with Crippen molar-refractivity contribution in [1.82, 2.24) is 19.7 Å². The standard InChI is InChI=1S/C17H22ClN7/c1-10-4-5-12(6-14(10)18)8-20-15-13-9-22-25(3)16(13)24-17(23-15)21-7-11(2)19/h4-6,9,11H,7-8,19H2,1-3H3,(H2,20,21,23,24)/t11-/m1/s1. The van der Waals surface area contributed by atoms with Crippen LogP contribution in [0.4, 0.5) is 11.8 Å². The third-order valence-corrected chi connectivity index (χ3v) is 4.28. The largest absolute Gasteiger partial charge is 0.365 e. The molecule has 0 bridgehead atoms. The van der Waals surface area contributed by atoms with Crippen molar-refractivity contribution in [2.24, 2.45) is 12.8 Å². The Labute approximate surface area is 151 Å². The number of nitrogens with two attached hydrogens (primary N) is 1. The van der Waals surface area contributed by atoms with E-state index in [1.807, 2.05) is 39.1 Å². The van der Waals surface area contributed by atoms with E-state index >= 15 is 0 Å². The van der Waals surface area contributed by atoms with Crippen molar-refractivity contribution < 1.29 is 0 Å². The molecule has 2 aromatic heterocycles. The zero-order valence-corrected chi connectivity index (χ0v) is 15.3. The molecule has 1 atom stereocenters. The third-order valence-electron chi connectivity index (χ3n) is 3.87. The number of rotatable bonds is 6. The topological polar surface area (TPSA) is 93.7 Å². The van der Waals surface area contributed by atoms with Crippen molar-refractivity contribution >= 4 is 34.4 Å². The number of benzene rings is 1. The van der Waals surface area contributed by atoms with Gasteiger partial charge in [0.05, 0.1) is 11.6 Å². The van der Waals surface area contributed by atoms with Gasteiger partial charge in [-0.25, -0.2) is 0 Å². The van der Waals surface area contributed by atoms with Crippen molar-refractivity contribution in [3.8, 4) is 0 Å². The van der Waals surface area contributed by atoms with Crippen LogP contribution in [0.1, 0.15) is 18.1 Å². The van der Waals surface area contributed by atoms with Gasteiger partial charge in [-0.05, 0) is 31.0 Å². The van der Waals surface area contributed by atoms with Crippen LogP contribution in [0.5, 0.6) is 0 Å². The molecule has 25 heavy (non-hydrogen) atoms. The van der Waals surface area contributed by atoms with E-state index in [-0.39, 0.29) is 6.04 Å². The molecule has 3 rings (SSSR count). The number of nitrogens with one attached hydrogen (secondary N) is 2. The van der Waals surface area contributed by atoms with Crippen molar-refractivity contribution in [2.75, 3.05) is 17.2 Å². The molecule has 0 saturated heterocycles. The molecule has 1 aromatic carbocycles. The van der Waals surface area contributed by atoms with Crippen LogP contribution < -0.4 is 16.4 Å². The Morgan fingerprint density at radius 1 is 1.28 bits per heavy atom. The second-order valence-electron chi connectivity index (χ2n) is 6.20. The van der Waals surface area contributed by atoms with Crippen molar-refractivity contribution in [3.63, 3.8) is 0 Å². The number of aryl methyl sites for hydroxylation is 2. The molecule has 0 saturated carbocycles. The Balaban J connectivity index is 1.86. The Bertz CT molecular complexity index is 888. The molecular weight excluding hydrogens is 338 g/mol. The number of nitrogens with zero attached hydrogens (tertiary/aromatic N) is 4. The normalized spacial score (nSPS) is 12.4. The molecule has 0 aliphatic carbocycles. The van der Waals surface area contributed by atoms with Crippen LogP contribution in [-0.2, 0) is 13.6 Å². The average molecular weight is 360 g/mol. The molecule has 2 heterocycles. The van der Waals surface area contributed by atoms with E-state index in [4.69, 9.17) is 17.3 Å². The fraction of sp³-hybridized carbons (Fsp3) is 0.353. The highest BCUT2D eigenvalue weighted by molar-refractivity contribution is 6.31. The average Bonchev–Trinajstić information content (AvgIpc) is 2.95. The quantitative estimate of drug-likeness (QED) is 0.626. The maximum absolute atomic E-state index is 6.20. The summed E-state index contributed by atoms with van der Waals surface area (Å²) in [5.41, 5.74) is 8.69. The summed E-state index contributed by atoms with van der Waals surface area (Å²) in [7, 11) is 1.86. The highest BCUT2D eigenvalue weighted by Crippen LogP contribution is 2.23. The second-order valence-corrected chi connectivity index (χ2v) is 6.60. The van der Waals surface area contributed by atoms with Gasteiger partial charge in [0.2, 0.25) is 5.95 Å². The lowest BCUT2D eigenvalue weighted by Gasteiger charge is -2.12. The second kappa shape index (κ2) is 7.25. The zero-order chi connectivity index (χ0) is 18.0. The molecule has 0 aliphatic heterocycles. The number of aromatic nitrogens is 4. The number of hydrogen-bond acceptors (Lipinski definition) is 6. The third kappa shape index (κ3) is 4.00. The van der Waals surface area contributed by atoms with Gasteiger partial charge < -0.3 is 16.4 Å². The predicted molar refractivity (Wildman–Crippen MR) is 102 cm³/mol. The summed E-state index contributed by atoms with van der Waals surface area (Å²) in [5, 5.41) is 12.4. The van der Waals surface area contributed by atoms with Gasteiger partial charge in [0.25, 0.3) is 0 Å². The molecule has 8 heteroatoms. The first-order chi connectivity index (χ1) is 11.9. The van der Waals surface area contributed by atoms with Gasteiger partial charge >= 0.3 is 0 Å². The summed E-state index contributed by atoms with van der Waals surface area (Å²) in [5.74, 6) is 1.25. The molecule has 132 valence electrons. The van der Waals surface area contributed by atoms with E-state index in [9.17, 15) is 0 Å². The van der Waals surface area contributed by atoms with Gasteiger partial charge in [-0.2, -0.15) is 15.1 Å². The van der Waals surface area contributed by atoms with Gasteiger partial charge in [-0.3, -0.25) is 4.68 Å². The van der Waals surface area contributed by atoms with Gasteiger partial charge in [0.15, 0.2) is 5.65 Å². The number of hydrogen-bond donors (Lipinski definition) is 3. The molecule has 0 spiro atoms. The SMILES string of the molecule is Cc1ccc(CNc2nc(NC[C@@H](C)N)nc3c2cnn3C)cc1Cl. The first kappa shape index (κ1) is 17.4. The van der Waals surface area contributed by atoms with Crippen LogP contribution in [-0.4, -0.2) is 32.3 Å². The summed E-state index contributed by atoms with van der Waals surface area (Å²) in [6.07, 6.45) is 1.76. The van der Waals surface area contributed by atoms with Crippen LogP contribution in [0.3, 0.4) is 0 Å². The number of anilines is 2. The van der Waals surface area contributed by atoms with E-state index in [2.05, 4.69) is 25.7 Å². The number of halogens is 1. The first-order valence-corrected chi connectivity index (χ1v) is 8.50. The molecule has 7 nitrogen and oxygen atoms in total. The first-order valence-electron chi connectivity index (χ1n) is 8.12. The summed E-state index contributed by atoms with van der Waals surface area (Å²) >= 11 is 6.20. The van der Waals surface area contributed by atoms with Crippen LogP contribution in [0, 0.1) is 6.92 Å². The predicted octanol–water partition coefficient (Wildman–Crippen LogP) is 2.70. The molecule has 0 unspecified atom stereocenters. The van der Waals surface area contributed by atoms with Crippen molar-refractivity contribution in [3.05, 3.63) is 40.5 Å². The Hall–Kier alpha value is -2.38. The van der Waals surface area contributed by atoms with Gasteiger partial charge in [-0.15, -0.1) is 0 Å². The molecule has 0 radical (unpaired) electrons. The van der Waals surface area contributed by atoms with Gasteiger partial charge in [-0.1, -0.05) is 23.7 Å². The maximum Gasteiger partial charge on any atom is 0.226 e. The fourth-order valence-corrected chi connectivity index (χ4v) is 2.62. The van der Waals surface area contributed by atoms with Crippen LogP contribution in [0.2, 0.25) is 5.02 Å². The monoisotopic (exact) mass is 359 g/mol. The summed E-state index contributed by atoms with van der Waals surface area (Å²) in [6.45, 7) is 5.11. The minimum Gasteiger partial charge on any atom is -0.365 e. The van der Waals surface area contributed by atoms with E-state index in [0.717, 1.165) is 33.0 Å². The molecule has 0 fully saturated rings. The van der Waals surface area contributed by atoms with Crippen LogP contribution >= 0.6 is 11.6 Å². The van der Waals surface area contributed by atoms with Crippen LogP contribution in [0.25, 0.3) is 11.0 Å². The molecule has 4 N–H and O–H groups in total. The van der Waals surface area contributed by atoms with E-state index < -0.39 is 0 Å². The van der Waals surface area contributed by atoms with Crippen LogP contribution in [0.15, 0.2) is 24.4 Å². The zero-order valence-electron chi connectivity index (χ0n) is 14.5. The fourth-order valence-electron chi connectivity index (χ4n) is 2.42. The lowest BCUT2D eigenvalue weighted by Crippen LogP contribution is -2.26. The Morgan fingerprint density at radius 2 is 2.08 bits per heavy atom. The highest BCUT2D eigenvalue weighted by Gasteiger charge is 2.12. The minimum atomic E-state index is 0.0111. The Morgan fingerprint density at radius 3 is 2.80 bits per heavy atom. The molecule has 0 amide bonds.